The highest BCUT2D eigenvalue weighted by Gasteiger charge is 2.26. The van der Waals surface area contributed by atoms with Crippen LogP contribution in [0.2, 0.25) is 0 Å². The minimum Gasteiger partial charge on any atom is -0.355 e. The summed E-state index contributed by atoms with van der Waals surface area (Å²) in [6.45, 7) is 5.81. The van der Waals surface area contributed by atoms with Gasteiger partial charge in [0.1, 0.15) is 0 Å². The third-order valence-electron chi connectivity index (χ3n) is 4.63. The second-order valence-corrected chi connectivity index (χ2v) is 6.51. The van der Waals surface area contributed by atoms with Crippen molar-refractivity contribution < 1.29 is 4.79 Å². The van der Waals surface area contributed by atoms with E-state index >= 15 is 0 Å². The van der Waals surface area contributed by atoms with E-state index in [1.54, 1.807) is 0 Å². The summed E-state index contributed by atoms with van der Waals surface area (Å²) in [4.78, 5) is 16.5. The number of piperidine rings is 1. The Morgan fingerprint density at radius 2 is 2.14 bits per heavy atom. The van der Waals surface area contributed by atoms with E-state index in [0.29, 0.717) is 13.0 Å². The predicted molar refractivity (Wildman–Crippen MR) is 87.6 cm³/mol. The van der Waals surface area contributed by atoms with Crippen LogP contribution >= 0.6 is 0 Å². The third kappa shape index (κ3) is 3.47. The number of aryl methyl sites for hydroxylation is 1. The topological polar surface area (TPSA) is 59.0 Å². The Morgan fingerprint density at radius 3 is 2.95 bits per heavy atom. The molecule has 0 saturated carbocycles. The van der Waals surface area contributed by atoms with Crippen LogP contribution in [0.1, 0.15) is 26.2 Å². The molecular formula is C17H24N4O. The number of imidazole rings is 1. The van der Waals surface area contributed by atoms with Crippen LogP contribution in [0.25, 0.3) is 11.0 Å². The minimum absolute atomic E-state index is 0.123. The van der Waals surface area contributed by atoms with Crippen LogP contribution < -0.4 is 10.6 Å². The normalized spacial score (nSPS) is 17.5. The van der Waals surface area contributed by atoms with E-state index in [1.807, 2.05) is 35.2 Å². The number of nitrogens with zero attached hydrogens (tertiary/aromatic N) is 2. The van der Waals surface area contributed by atoms with Crippen molar-refractivity contribution in [3.63, 3.8) is 0 Å². The van der Waals surface area contributed by atoms with Crippen LogP contribution in [0.3, 0.4) is 0 Å². The Hall–Kier alpha value is -1.88. The third-order valence-corrected chi connectivity index (χ3v) is 4.63. The van der Waals surface area contributed by atoms with Gasteiger partial charge in [0, 0.05) is 19.5 Å². The van der Waals surface area contributed by atoms with E-state index in [1.165, 1.54) is 0 Å². The average Bonchev–Trinajstić information content (AvgIpc) is 2.95. The zero-order chi connectivity index (χ0) is 15.4. The molecule has 5 nitrogen and oxygen atoms in total. The molecule has 1 fully saturated rings. The minimum atomic E-state index is 0.123. The Morgan fingerprint density at radius 1 is 1.36 bits per heavy atom. The Labute approximate surface area is 131 Å². The summed E-state index contributed by atoms with van der Waals surface area (Å²) < 4.78 is 2.04. The number of fused-ring (bicyclic) bond motifs is 1. The van der Waals surface area contributed by atoms with E-state index < -0.39 is 0 Å². The summed E-state index contributed by atoms with van der Waals surface area (Å²) >= 11 is 0. The number of aromatic nitrogens is 2. The van der Waals surface area contributed by atoms with Gasteiger partial charge in [0.05, 0.1) is 17.4 Å². The lowest BCUT2D eigenvalue weighted by molar-refractivity contribution is -0.121. The fraction of sp³-hybridized carbons (Fsp3) is 0.529. The lowest BCUT2D eigenvalue weighted by atomic mass is 9.81. The van der Waals surface area contributed by atoms with E-state index in [-0.39, 0.29) is 11.3 Å². The van der Waals surface area contributed by atoms with Gasteiger partial charge in [-0.15, -0.1) is 0 Å². The predicted octanol–water partition coefficient (Wildman–Crippen LogP) is 1.93. The number of nitrogens with one attached hydrogen (secondary N) is 2. The first-order chi connectivity index (χ1) is 10.7. The highest BCUT2D eigenvalue weighted by atomic mass is 16.1. The van der Waals surface area contributed by atoms with Crippen molar-refractivity contribution in [2.75, 3.05) is 19.6 Å². The summed E-state index contributed by atoms with van der Waals surface area (Å²) in [5, 5.41) is 6.47. The molecule has 1 saturated heterocycles. The Bertz CT molecular complexity index is 643. The van der Waals surface area contributed by atoms with Gasteiger partial charge in [-0.2, -0.15) is 0 Å². The van der Waals surface area contributed by atoms with Crippen molar-refractivity contribution in [3.05, 3.63) is 30.6 Å². The first-order valence-corrected chi connectivity index (χ1v) is 8.04. The monoisotopic (exact) mass is 300 g/mol. The fourth-order valence-corrected chi connectivity index (χ4v) is 3.02. The summed E-state index contributed by atoms with van der Waals surface area (Å²) in [5.74, 6) is 0.123. The molecule has 2 heterocycles. The molecule has 2 aromatic rings. The second-order valence-electron chi connectivity index (χ2n) is 6.51. The van der Waals surface area contributed by atoms with Crippen LogP contribution in [0, 0.1) is 5.41 Å². The van der Waals surface area contributed by atoms with Crippen LogP contribution in [-0.2, 0) is 11.3 Å². The zero-order valence-corrected chi connectivity index (χ0v) is 13.1. The van der Waals surface area contributed by atoms with Crippen LogP contribution in [-0.4, -0.2) is 35.1 Å². The molecule has 22 heavy (non-hydrogen) atoms. The van der Waals surface area contributed by atoms with E-state index in [4.69, 9.17) is 0 Å². The Kier molecular flexibility index (Phi) is 4.43. The summed E-state index contributed by atoms with van der Waals surface area (Å²) in [6.07, 6.45) is 4.56. The van der Waals surface area contributed by atoms with Gasteiger partial charge < -0.3 is 15.2 Å². The van der Waals surface area contributed by atoms with Gasteiger partial charge in [-0.25, -0.2) is 4.98 Å². The number of hydrogen-bond donors (Lipinski definition) is 2. The number of rotatable bonds is 5. The molecule has 0 bridgehead atoms. The highest BCUT2D eigenvalue weighted by Crippen LogP contribution is 2.26. The van der Waals surface area contributed by atoms with Gasteiger partial charge in [0.15, 0.2) is 0 Å². The molecule has 5 heteroatoms. The molecule has 1 aromatic carbocycles. The summed E-state index contributed by atoms with van der Waals surface area (Å²) in [7, 11) is 0. The van der Waals surface area contributed by atoms with Gasteiger partial charge >= 0.3 is 0 Å². The SMILES string of the molecule is CC1(CNC(=O)CCn2cnc3ccccc32)CCNCC1. The van der Waals surface area contributed by atoms with Gasteiger partial charge in [-0.3, -0.25) is 4.79 Å². The summed E-state index contributed by atoms with van der Waals surface area (Å²) in [5.41, 5.74) is 2.30. The number of carbonyl (C=O) groups excluding carboxylic acids is 1. The number of benzene rings is 1. The van der Waals surface area contributed by atoms with Crippen LogP contribution in [0.5, 0.6) is 0 Å². The molecule has 0 radical (unpaired) electrons. The molecule has 2 N–H and O–H groups in total. The van der Waals surface area contributed by atoms with Crippen molar-refractivity contribution in [1.82, 2.24) is 20.2 Å². The molecule has 3 rings (SSSR count). The molecule has 118 valence electrons. The summed E-state index contributed by atoms with van der Waals surface area (Å²) in [6, 6.07) is 8.00. The standard InChI is InChI=1S/C17H24N4O/c1-17(7-9-18-10-8-17)12-19-16(22)6-11-21-13-20-14-4-2-3-5-15(14)21/h2-5,13,18H,6-12H2,1H3,(H,19,22). The number of amides is 1. The molecule has 0 aliphatic carbocycles. The smallest absolute Gasteiger partial charge is 0.221 e. The second kappa shape index (κ2) is 6.48. The van der Waals surface area contributed by atoms with Gasteiger partial charge in [-0.1, -0.05) is 19.1 Å². The number of para-hydroxylation sites is 2. The largest absolute Gasteiger partial charge is 0.355 e. The lowest BCUT2D eigenvalue weighted by Crippen LogP contribution is -2.43. The van der Waals surface area contributed by atoms with Crippen molar-refractivity contribution in [2.45, 2.75) is 32.7 Å². The van der Waals surface area contributed by atoms with Gasteiger partial charge in [0.25, 0.3) is 0 Å². The fourth-order valence-electron chi connectivity index (χ4n) is 3.02. The maximum atomic E-state index is 12.1. The van der Waals surface area contributed by atoms with Gasteiger partial charge in [-0.05, 0) is 43.5 Å². The molecule has 0 spiro atoms. The molecule has 1 aliphatic rings. The van der Waals surface area contributed by atoms with Crippen LogP contribution in [0.15, 0.2) is 30.6 Å². The van der Waals surface area contributed by atoms with Crippen LogP contribution in [0.4, 0.5) is 0 Å². The van der Waals surface area contributed by atoms with Gasteiger partial charge in [0.2, 0.25) is 5.91 Å². The van der Waals surface area contributed by atoms with E-state index in [0.717, 1.165) is 43.5 Å². The molecule has 0 unspecified atom stereocenters. The number of carbonyl (C=O) groups is 1. The Balaban J connectivity index is 1.50. The van der Waals surface area contributed by atoms with E-state index in [2.05, 4.69) is 22.5 Å². The quantitative estimate of drug-likeness (QED) is 0.887. The first kappa shape index (κ1) is 15.0. The zero-order valence-electron chi connectivity index (χ0n) is 13.1. The van der Waals surface area contributed by atoms with Crippen molar-refractivity contribution in [3.8, 4) is 0 Å². The number of hydrogen-bond acceptors (Lipinski definition) is 3. The van der Waals surface area contributed by atoms with Crippen molar-refractivity contribution in [2.24, 2.45) is 5.41 Å². The first-order valence-electron chi connectivity index (χ1n) is 8.04. The molecule has 0 atom stereocenters. The maximum Gasteiger partial charge on any atom is 0.221 e. The highest BCUT2D eigenvalue weighted by molar-refractivity contribution is 5.77. The maximum absolute atomic E-state index is 12.1. The van der Waals surface area contributed by atoms with E-state index in [9.17, 15) is 4.79 Å². The molecule has 1 aliphatic heterocycles. The van der Waals surface area contributed by atoms with Crippen molar-refractivity contribution >= 4 is 16.9 Å². The molecule has 1 aromatic heterocycles. The van der Waals surface area contributed by atoms with Crippen molar-refractivity contribution in [1.29, 1.82) is 0 Å². The lowest BCUT2D eigenvalue weighted by Gasteiger charge is -2.34. The molecule has 1 amide bonds. The average molecular weight is 300 g/mol. The molecular weight excluding hydrogens is 276 g/mol.